The number of thiazole rings is 1. The number of nitrogens with zero attached hydrogens (tertiary/aromatic N) is 2. The first kappa shape index (κ1) is 24.2. The molecule has 0 bridgehead atoms. The summed E-state index contributed by atoms with van der Waals surface area (Å²) in [7, 11) is -3.56. The Bertz CT molecular complexity index is 1360. The van der Waals surface area contributed by atoms with Crippen LogP contribution in [0.2, 0.25) is 10.0 Å². The minimum Gasteiger partial charge on any atom is -0.326 e. The average Bonchev–Trinajstić information content (AvgIpc) is 3.09. The highest BCUT2D eigenvalue weighted by molar-refractivity contribution is 7.88. The molecule has 1 aliphatic heterocycles. The Labute approximate surface area is 206 Å². The maximum atomic E-state index is 12.8. The van der Waals surface area contributed by atoms with Crippen molar-refractivity contribution in [3.63, 3.8) is 0 Å². The molecule has 1 aromatic heterocycles. The fourth-order valence-electron chi connectivity index (χ4n) is 4.01. The van der Waals surface area contributed by atoms with Crippen molar-refractivity contribution in [1.29, 1.82) is 0 Å². The van der Waals surface area contributed by atoms with E-state index in [1.54, 1.807) is 28.8 Å². The van der Waals surface area contributed by atoms with Gasteiger partial charge in [-0.2, -0.15) is 0 Å². The lowest BCUT2D eigenvalue weighted by atomic mass is 9.97. The molecular weight excluding hydrogens is 505 g/mol. The molecule has 1 aliphatic rings. The number of hydrogen-bond acceptors (Lipinski definition) is 5. The molecule has 2 heterocycles. The molecule has 1 saturated heterocycles. The number of nitrogens with one attached hydrogen (secondary N) is 1. The summed E-state index contributed by atoms with van der Waals surface area (Å²) in [6, 6.07) is 10.2. The number of fused-ring (bicyclic) bond motifs is 1. The van der Waals surface area contributed by atoms with Crippen molar-refractivity contribution in [2.75, 3.05) is 18.4 Å². The number of benzene rings is 2. The molecule has 1 fully saturated rings. The van der Waals surface area contributed by atoms with Crippen molar-refractivity contribution < 1.29 is 13.2 Å². The van der Waals surface area contributed by atoms with Gasteiger partial charge in [-0.1, -0.05) is 40.6 Å². The van der Waals surface area contributed by atoms with E-state index >= 15 is 0 Å². The molecule has 0 aliphatic carbocycles. The number of amides is 1. The lowest BCUT2D eigenvalue weighted by Crippen LogP contribution is -2.41. The van der Waals surface area contributed by atoms with Crippen LogP contribution in [0.5, 0.6) is 0 Å². The van der Waals surface area contributed by atoms with Gasteiger partial charge < -0.3 is 5.32 Å². The maximum Gasteiger partial charge on any atom is 0.308 e. The quantitative estimate of drug-likeness (QED) is 0.508. The molecule has 0 radical (unpaired) electrons. The Morgan fingerprint density at radius 1 is 1.15 bits per heavy atom. The van der Waals surface area contributed by atoms with Gasteiger partial charge in [-0.3, -0.25) is 14.2 Å². The second-order valence-corrected chi connectivity index (χ2v) is 11.8. The minimum absolute atomic E-state index is 0.0237. The summed E-state index contributed by atoms with van der Waals surface area (Å²) in [4.78, 5) is 24.8. The fraction of sp³-hybridized carbons (Fsp3) is 0.364. The van der Waals surface area contributed by atoms with Gasteiger partial charge in [0.15, 0.2) is 0 Å². The Balaban J connectivity index is 1.37. The first-order chi connectivity index (χ1) is 15.7. The highest BCUT2D eigenvalue weighted by atomic mass is 35.5. The number of hydrogen-bond donors (Lipinski definition) is 1. The van der Waals surface area contributed by atoms with Crippen LogP contribution in [0.25, 0.3) is 10.2 Å². The monoisotopic (exact) mass is 527 g/mol. The zero-order chi connectivity index (χ0) is 23.8. The molecular formula is C22H23Cl2N3O4S2. The lowest BCUT2D eigenvalue weighted by Gasteiger charge is -2.30. The third kappa shape index (κ3) is 5.27. The summed E-state index contributed by atoms with van der Waals surface area (Å²) < 4.78 is 29.6. The highest BCUT2D eigenvalue weighted by Crippen LogP contribution is 2.27. The van der Waals surface area contributed by atoms with Gasteiger partial charge in [0.2, 0.25) is 15.9 Å². The molecule has 0 spiro atoms. The van der Waals surface area contributed by atoms with Gasteiger partial charge in [0.25, 0.3) is 0 Å². The van der Waals surface area contributed by atoms with Crippen LogP contribution in [0.4, 0.5) is 5.69 Å². The minimum atomic E-state index is -3.56. The van der Waals surface area contributed by atoms with Crippen LogP contribution in [0, 0.1) is 5.92 Å². The summed E-state index contributed by atoms with van der Waals surface area (Å²) in [5, 5.41) is 3.68. The molecule has 7 nitrogen and oxygen atoms in total. The Morgan fingerprint density at radius 3 is 2.55 bits per heavy atom. The van der Waals surface area contributed by atoms with Gasteiger partial charge in [-0.05, 0) is 55.7 Å². The van der Waals surface area contributed by atoms with Crippen LogP contribution < -0.4 is 10.2 Å². The first-order valence-corrected chi connectivity index (χ1v) is 13.7. The Morgan fingerprint density at radius 2 is 1.88 bits per heavy atom. The standard InChI is InChI=1S/C22H23Cl2N3O4S2/c1-2-27-19-6-5-17(12-20(19)32-22(27)29)25-21(28)14-7-9-26(10-8-14)33(30,31)13-15-3-4-16(23)11-18(15)24/h3-6,11-12,14H,2,7-10,13H2,1H3,(H,25,28). The molecule has 1 N–H and O–H groups in total. The van der Waals surface area contributed by atoms with E-state index in [1.165, 1.54) is 10.4 Å². The van der Waals surface area contributed by atoms with Crippen molar-refractivity contribution in [3.05, 3.63) is 61.7 Å². The van der Waals surface area contributed by atoms with Crippen LogP contribution in [0.15, 0.2) is 41.2 Å². The predicted molar refractivity (Wildman–Crippen MR) is 134 cm³/mol. The zero-order valence-electron chi connectivity index (χ0n) is 17.9. The van der Waals surface area contributed by atoms with Crippen molar-refractivity contribution in [2.45, 2.75) is 32.1 Å². The maximum absolute atomic E-state index is 12.8. The molecule has 176 valence electrons. The van der Waals surface area contributed by atoms with E-state index in [2.05, 4.69) is 5.32 Å². The van der Waals surface area contributed by atoms with E-state index in [0.717, 1.165) is 21.6 Å². The number of sulfonamides is 1. The summed E-state index contributed by atoms with van der Waals surface area (Å²) >= 11 is 13.2. The number of rotatable bonds is 6. The van der Waals surface area contributed by atoms with Gasteiger partial charge in [-0.15, -0.1) is 0 Å². The van der Waals surface area contributed by atoms with Crippen LogP contribution in [0.3, 0.4) is 0 Å². The van der Waals surface area contributed by atoms with Crippen molar-refractivity contribution in [3.8, 4) is 0 Å². The molecule has 33 heavy (non-hydrogen) atoms. The second-order valence-electron chi connectivity index (χ2n) is 7.95. The molecule has 0 atom stereocenters. The van der Waals surface area contributed by atoms with Gasteiger partial charge >= 0.3 is 4.87 Å². The Hall–Kier alpha value is -1.91. The molecule has 4 rings (SSSR count). The fourth-order valence-corrected chi connectivity index (χ4v) is 7.15. The zero-order valence-corrected chi connectivity index (χ0v) is 21.0. The smallest absolute Gasteiger partial charge is 0.308 e. The van der Waals surface area contributed by atoms with Crippen LogP contribution >= 0.6 is 34.5 Å². The number of aromatic nitrogens is 1. The van der Waals surface area contributed by atoms with E-state index < -0.39 is 10.0 Å². The van der Waals surface area contributed by atoms with Gasteiger partial charge in [0.05, 0.1) is 16.0 Å². The van der Waals surface area contributed by atoms with Gasteiger partial charge in [0.1, 0.15) is 0 Å². The molecule has 3 aromatic rings. The molecule has 1 amide bonds. The van der Waals surface area contributed by atoms with E-state index in [0.29, 0.717) is 40.7 Å². The van der Waals surface area contributed by atoms with E-state index in [4.69, 9.17) is 23.2 Å². The van der Waals surface area contributed by atoms with Gasteiger partial charge in [-0.25, -0.2) is 12.7 Å². The van der Waals surface area contributed by atoms with Crippen LogP contribution in [-0.2, 0) is 27.1 Å². The Kier molecular flexibility index (Phi) is 7.16. The lowest BCUT2D eigenvalue weighted by molar-refractivity contribution is -0.120. The van der Waals surface area contributed by atoms with E-state index in [1.807, 2.05) is 13.0 Å². The summed E-state index contributed by atoms with van der Waals surface area (Å²) in [6.45, 7) is 3.05. The number of anilines is 1. The molecule has 0 unspecified atom stereocenters. The SMILES string of the molecule is CCn1c(=O)sc2cc(NC(=O)C3CCN(S(=O)(=O)Cc4ccc(Cl)cc4Cl)CC3)ccc21. The van der Waals surface area contributed by atoms with Crippen molar-refractivity contribution >= 4 is 66.4 Å². The third-order valence-corrected chi connectivity index (χ3v) is 9.18. The number of piperidine rings is 1. The van der Waals surface area contributed by atoms with E-state index in [-0.39, 0.29) is 35.5 Å². The highest BCUT2D eigenvalue weighted by Gasteiger charge is 2.31. The third-order valence-electron chi connectivity index (χ3n) is 5.82. The molecule has 0 saturated carbocycles. The normalized spacial score (nSPS) is 15.7. The summed E-state index contributed by atoms with van der Waals surface area (Å²) in [5.41, 5.74) is 1.98. The first-order valence-electron chi connectivity index (χ1n) is 10.5. The summed E-state index contributed by atoms with van der Waals surface area (Å²) in [6.07, 6.45) is 0.863. The van der Waals surface area contributed by atoms with Crippen LogP contribution in [-0.4, -0.2) is 36.3 Å². The largest absolute Gasteiger partial charge is 0.326 e. The number of carbonyl (C=O) groups excluding carboxylic acids is 1. The van der Waals surface area contributed by atoms with Gasteiger partial charge in [0, 0.05) is 41.3 Å². The second kappa shape index (κ2) is 9.76. The topological polar surface area (TPSA) is 88.5 Å². The number of aryl methyl sites for hydroxylation is 1. The average molecular weight is 528 g/mol. The number of halogens is 2. The summed E-state index contributed by atoms with van der Waals surface area (Å²) in [5.74, 6) is -0.639. The van der Waals surface area contributed by atoms with E-state index in [9.17, 15) is 18.0 Å². The van der Waals surface area contributed by atoms with Crippen molar-refractivity contribution in [1.82, 2.24) is 8.87 Å². The molecule has 2 aromatic carbocycles. The number of carbonyl (C=O) groups is 1. The van der Waals surface area contributed by atoms with Crippen LogP contribution in [0.1, 0.15) is 25.3 Å². The van der Waals surface area contributed by atoms with Crippen molar-refractivity contribution in [2.24, 2.45) is 5.92 Å². The molecule has 11 heteroatoms. The predicted octanol–water partition coefficient (Wildman–Crippen LogP) is 4.57.